The van der Waals surface area contributed by atoms with Crippen LogP contribution in [0.3, 0.4) is 0 Å². The van der Waals surface area contributed by atoms with Crippen molar-refractivity contribution in [2.45, 2.75) is 39.3 Å². The van der Waals surface area contributed by atoms with Gasteiger partial charge in [-0.3, -0.25) is 9.69 Å². The summed E-state index contributed by atoms with van der Waals surface area (Å²) in [6, 6.07) is 24.6. The first kappa shape index (κ1) is 24.1. The molecule has 1 saturated heterocycles. The van der Waals surface area contributed by atoms with Gasteiger partial charge >= 0.3 is 0 Å². The van der Waals surface area contributed by atoms with Gasteiger partial charge in [-0.05, 0) is 73.8 Å². The van der Waals surface area contributed by atoms with E-state index in [2.05, 4.69) is 58.1 Å². The Morgan fingerprint density at radius 2 is 1.69 bits per heavy atom. The van der Waals surface area contributed by atoms with Crippen molar-refractivity contribution in [2.24, 2.45) is 5.92 Å². The highest BCUT2D eigenvalue weighted by Gasteiger charge is 2.26. The molecule has 1 amide bonds. The fourth-order valence-corrected chi connectivity index (χ4v) is 5.07. The molecular weight excluding hydrogens is 448 g/mol. The second kappa shape index (κ2) is 11.0. The molecule has 1 aliphatic rings. The fraction of sp³-hybridized carbons (Fsp3) is 0.333. The van der Waals surface area contributed by atoms with Gasteiger partial charge in [-0.1, -0.05) is 49.4 Å². The van der Waals surface area contributed by atoms with Crippen molar-refractivity contribution >= 4 is 22.6 Å². The number of para-hydroxylation sites is 3. The number of rotatable bonds is 8. The molecule has 6 nitrogen and oxygen atoms in total. The second-order valence-electron chi connectivity index (χ2n) is 9.50. The van der Waals surface area contributed by atoms with Gasteiger partial charge < -0.3 is 14.6 Å². The van der Waals surface area contributed by atoms with Crippen molar-refractivity contribution in [2.75, 3.05) is 25.5 Å². The third-order valence-corrected chi connectivity index (χ3v) is 7.21. The molecule has 6 heteroatoms. The van der Waals surface area contributed by atoms with Gasteiger partial charge in [-0.25, -0.2) is 4.98 Å². The molecule has 0 aliphatic carbocycles. The van der Waals surface area contributed by atoms with Crippen LogP contribution in [0.5, 0.6) is 5.75 Å². The molecule has 1 fully saturated rings. The van der Waals surface area contributed by atoms with Crippen molar-refractivity contribution in [1.82, 2.24) is 14.5 Å². The number of anilines is 1. The van der Waals surface area contributed by atoms with E-state index in [9.17, 15) is 4.79 Å². The van der Waals surface area contributed by atoms with E-state index >= 15 is 0 Å². The van der Waals surface area contributed by atoms with E-state index in [-0.39, 0.29) is 11.8 Å². The molecule has 3 aromatic carbocycles. The molecule has 186 valence electrons. The van der Waals surface area contributed by atoms with Crippen molar-refractivity contribution in [1.29, 1.82) is 0 Å². The molecule has 0 atom stereocenters. The number of imidazole rings is 1. The molecule has 1 N–H and O–H groups in total. The van der Waals surface area contributed by atoms with Crippen LogP contribution in [0.15, 0.2) is 72.8 Å². The topological polar surface area (TPSA) is 59.4 Å². The predicted octanol–water partition coefficient (Wildman–Crippen LogP) is 5.51. The number of aromatic nitrogens is 2. The first-order chi connectivity index (χ1) is 17.6. The van der Waals surface area contributed by atoms with Crippen LogP contribution in [0.1, 0.15) is 36.7 Å². The van der Waals surface area contributed by atoms with Gasteiger partial charge in [0.2, 0.25) is 5.91 Å². The minimum Gasteiger partial charge on any atom is -0.497 e. The quantitative estimate of drug-likeness (QED) is 0.360. The molecule has 0 spiro atoms. The number of benzene rings is 3. The summed E-state index contributed by atoms with van der Waals surface area (Å²) in [6.07, 6.45) is 2.63. The third-order valence-electron chi connectivity index (χ3n) is 7.21. The first-order valence-electron chi connectivity index (χ1n) is 12.8. The van der Waals surface area contributed by atoms with Gasteiger partial charge in [0.1, 0.15) is 11.6 Å². The fourth-order valence-electron chi connectivity index (χ4n) is 5.07. The summed E-state index contributed by atoms with van der Waals surface area (Å²) >= 11 is 0. The Labute approximate surface area is 212 Å². The lowest BCUT2D eigenvalue weighted by atomic mass is 9.95. The minimum atomic E-state index is 0.0456. The van der Waals surface area contributed by atoms with Gasteiger partial charge in [0.25, 0.3) is 0 Å². The molecule has 0 saturated carbocycles. The lowest BCUT2D eigenvalue weighted by Gasteiger charge is -2.31. The summed E-state index contributed by atoms with van der Waals surface area (Å²) in [5, 5.41) is 3.18. The highest BCUT2D eigenvalue weighted by Crippen LogP contribution is 2.25. The van der Waals surface area contributed by atoms with Crippen LogP contribution >= 0.6 is 0 Å². The summed E-state index contributed by atoms with van der Waals surface area (Å²) in [4.78, 5) is 20.4. The number of amides is 1. The molecule has 36 heavy (non-hydrogen) atoms. The average molecular weight is 483 g/mol. The van der Waals surface area contributed by atoms with E-state index < -0.39 is 0 Å². The zero-order chi connectivity index (χ0) is 24.9. The van der Waals surface area contributed by atoms with Crippen LogP contribution in [0.2, 0.25) is 0 Å². The second-order valence-corrected chi connectivity index (χ2v) is 9.50. The number of hydrogen-bond acceptors (Lipinski definition) is 4. The molecular formula is C30H34N4O2. The maximum absolute atomic E-state index is 13.0. The minimum absolute atomic E-state index is 0.0456. The van der Waals surface area contributed by atoms with E-state index in [1.807, 2.05) is 36.4 Å². The monoisotopic (exact) mass is 482 g/mol. The Hall–Kier alpha value is -3.64. The molecule has 2 heterocycles. The Kier molecular flexibility index (Phi) is 7.33. The smallest absolute Gasteiger partial charge is 0.227 e. The number of piperidine rings is 1. The molecule has 0 radical (unpaired) electrons. The van der Waals surface area contributed by atoms with Crippen molar-refractivity contribution < 1.29 is 9.53 Å². The summed E-state index contributed by atoms with van der Waals surface area (Å²) in [6.45, 7) is 5.43. The zero-order valence-electron chi connectivity index (χ0n) is 21.1. The zero-order valence-corrected chi connectivity index (χ0v) is 21.1. The normalized spacial score (nSPS) is 14.7. The van der Waals surface area contributed by atoms with Gasteiger partial charge in [0.15, 0.2) is 0 Å². The number of methoxy groups -OCH3 is 1. The van der Waals surface area contributed by atoms with Crippen LogP contribution in [0, 0.1) is 5.92 Å². The number of nitrogens with one attached hydrogen (secondary N) is 1. The van der Waals surface area contributed by atoms with E-state index in [1.165, 1.54) is 11.1 Å². The van der Waals surface area contributed by atoms with E-state index in [4.69, 9.17) is 9.72 Å². The maximum atomic E-state index is 13.0. The summed E-state index contributed by atoms with van der Waals surface area (Å²) in [5.41, 5.74) is 5.50. The van der Waals surface area contributed by atoms with Crippen molar-refractivity contribution in [3.8, 4) is 5.75 Å². The summed E-state index contributed by atoms with van der Waals surface area (Å²) in [5.74, 6) is 2.11. The highest BCUT2D eigenvalue weighted by atomic mass is 16.5. The van der Waals surface area contributed by atoms with E-state index in [0.717, 1.165) is 73.7 Å². The van der Waals surface area contributed by atoms with Gasteiger partial charge in [0, 0.05) is 18.2 Å². The van der Waals surface area contributed by atoms with Gasteiger partial charge in [0.05, 0.1) is 24.7 Å². The maximum Gasteiger partial charge on any atom is 0.227 e. The molecule has 0 bridgehead atoms. The summed E-state index contributed by atoms with van der Waals surface area (Å²) < 4.78 is 7.63. The Balaban J connectivity index is 1.26. The first-order valence-corrected chi connectivity index (χ1v) is 12.8. The SMILES string of the molecule is CCc1ccccc1NC(=O)C1CCN(Cc2nc3ccccc3n2Cc2ccc(OC)cc2)CC1. The van der Waals surface area contributed by atoms with Crippen LogP contribution < -0.4 is 10.1 Å². The Bertz CT molecular complexity index is 1320. The average Bonchev–Trinajstić information content (AvgIpc) is 3.26. The number of nitrogens with zero attached hydrogens (tertiary/aromatic N) is 3. The van der Waals surface area contributed by atoms with E-state index in [0.29, 0.717) is 0 Å². The number of likely N-dealkylation sites (tertiary alicyclic amines) is 1. The summed E-state index contributed by atoms with van der Waals surface area (Å²) in [7, 11) is 1.69. The number of aryl methyl sites for hydroxylation is 1. The molecule has 0 unspecified atom stereocenters. The van der Waals surface area contributed by atoms with E-state index in [1.54, 1.807) is 7.11 Å². The number of carbonyl (C=O) groups is 1. The lowest BCUT2D eigenvalue weighted by Crippen LogP contribution is -2.38. The lowest BCUT2D eigenvalue weighted by molar-refractivity contribution is -0.121. The van der Waals surface area contributed by atoms with Crippen LogP contribution in [-0.4, -0.2) is 40.6 Å². The van der Waals surface area contributed by atoms with Gasteiger partial charge in [-0.2, -0.15) is 0 Å². The standard InChI is InChI=1S/C30H34N4O2/c1-3-23-8-4-5-9-26(23)32-30(35)24-16-18-33(19-17-24)21-29-31-27-10-6-7-11-28(27)34(29)20-22-12-14-25(36-2)15-13-22/h4-15,24H,3,16-21H2,1-2H3,(H,32,35). The number of ether oxygens (including phenoxy) is 1. The number of hydrogen-bond donors (Lipinski definition) is 1. The van der Waals surface area contributed by atoms with Crippen molar-refractivity contribution in [3.05, 3.63) is 89.7 Å². The number of fused-ring (bicyclic) bond motifs is 1. The van der Waals surface area contributed by atoms with Crippen LogP contribution in [0.25, 0.3) is 11.0 Å². The largest absolute Gasteiger partial charge is 0.497 e. The highest BCUT2D eigenvalue weighted by molar-refractivity contribution is 5.93. The van der Waals surface area contributed by atoms with Crippen molar-refractivity contribution in [3.63, 3.8) is 0 Å². The Morgan fingerprint density at radius 3 is 2.44 bits per heavy atom. The molecule has 4 aromatic rings. The number of carbonyl (C=O) groups excluding carboxylic acids is 1. The molecule has 1 aliphatic heterocycles. The molecule has 5 rings (SSSR count). The Morgan fingerprint density at radius 1 is 0.972 bits per heavy atom. The van der Waals surface area contributed by atoms with Crippen LogP contribution in [0.4, 0.5) is 5.69 Å². The van der Waals surface area contributed by atoms with Gasteiger partial charge in [-0.15, -0.1) is 0 Å². The van der Waals surface area contributed by atoms with Crippen LogP contribution in [-0.2, 0) is 24.3 Å². The third kappa shape index (κ3) is 5.29. The molecule has 1 aromatic heterocycles. The predicted molar refractivity (Wildman–Crippen MR) is 144 cm³/mol.